The van der Waals surface area contributed by atoms with E-state index >= 15 is 0 Å². The summed E-state index contributed by atoms with van der Waals surface area (Å²) in [6, 6.07) is 1.68. The monoisotopic (exact) mass is 378 g/mol. The third-order valence-electron chi connectivity index (χ3n) is 4.27. The van der Waals surface area contributed by atoms with E-state index in [0.29, 0.717) is 44.2 Å². The van der Waals surface area contributed by atoms with Crippen molar-refractivity contribution in [3.63, 3.8) is 0 Å². The third-order valence-corrected chi connectivity index (χ3v) is 4.27. The Balaban J connectivity index is 3.10. The molecule has 0 aliphatic heterocycles. The van der Waals surface area contributed by atoms with Gasteiger partial charge < -0.3 is 14.6 Å². The molecule has 0 saturated carbocycles. The molecule has 0 heterocycles. The smallest absolute Gasteiger partial charge is 0.168 e. The van der Waals surface area contributed by atoms with Crippen molar-refractivity contribution in [2.75, 3.05) is 19.8 Å². The molecule has 5 heteroatoms. The molecule has 1 aromatic carbocycles. The molecule has 0 saturated heterocycles. The maximum atomic E-state index is 12.6. The lowest BCUT2D eigenvalue weighted by molar-refractivity contribution is 0.0871. The summed E-state index contributed by atoms with van der Waals surface area (Å²) in [7, 11) is 0. The summed E-state index contributed by atoms with van der Waals surface area (Å²) in [6.45, 7) is 9.66. The largest absolute Gasteiger partial charge is 0.506 e. The van der Waals surface area contributed by atoms with Gasteiger partial charge in [0, 0.05) is 13.0 Å². The second-order valence-corrected chi connectivity index (χ2v) is 7.23. The van der Waals surface area contributed by atoms with Crippen molar-refractivity contribution in [3.8, 4) is 11.5 Å². The Morgan fingerprint density at radius 1 is 1.15 bits per heavy atom. The highest BCUT2D eigenvalue weighted by atomic mass is 16.5. The zero-order chi connectivity index (χ0) is 20.2. The highest BCUT2D eigenvalue weighted by Gasteiger charge is 2.23. The normalized spacial score (nSPS) is 11.0. The Bertz CT molecular complexity index is 607. The van der Waals surface area contributed by atoms with Crippen LogP contribution in [-0.2, 0) is 11.2 Å². The van der Waals surface area contributed by atoms with Crippen LogP contribution < -0.4 is 4.74 Å². The molecule has 0 bridgehead atoms. The standard InChI is InChI=1S/C22H34O5/c1-5-7-10-26-12-9-20(24)18-14-17(13-16(3)4)22(27-11-8-6-2)19(15-23)21(18)25/h14-16,25H,5-13H2,1-4H3. The number of ketones is 1. The van der Waals surface area contributed by atoms with E-state index in [-0.39, 0.29) is 29.1 Å². The molecule has 0 amide bonds. The predicted octanol–water partition coefficient (Wildman–Crippen LogP) is 4.97. The van der Waals surface area contributed by atoms with Crippen molar-refractivity contribution >= 4 is 12.1 Å². The zero-order valence-electron chi connectivity index (χ0n) is 17.2. The van der Waals surface area contributed by atoms with Crippen LogP contribution >= 0.6 is 0 Å². The maximum absolute atomic E-state index is 12.6. The van der Waals surface area contributed by atoms with Gasteiger partial charge in [0.25, 0.3) is 0 Å². The zero-order valence-corrected chi connectivity index (χ0v) is 17.2. The van der Waals surface area contributed by atoms with Crippen molar-refractivity contribution in [2.24, 2.45) is 5.92 Å². The fourth-order valence-corrected chi connectivity index (χ4v) is 2.78. The fraction of sp³-hybridized carbons (Fsp3) is 0.636. The van der Waals surface area contributed by atoms with Gasteiger partial charge in [0.1, 0.15) is 11.5 Å². The summed E-state index contributed by atoms with van der Waals surface area (Å²) in [4.78, 5) is 24.2. The lowest BCUT2D eigenvalue weighted by Gasteiger charge is -2.18. The number of unbranched alkanes of at least 4 members (excludes halogenated alkanes) is 2. The van der Waals surface area contributed by atoms with Gasteiger partial charge in [-0.2, -0.15) is 0 Å². The number of phenolic OH excluding ortho intramolecular Hbond substituents is 1. The van der Waals surface area contributed by atoms with Crippen LogP contribution in [0.1, 0.15) is 86.1 Å². The number of hydrogen-bond acceptors (Lipinski definition) is 5. The van der Waals surface area contributed by atoms with Gasteiger partial charge >= 0.3 is 0 Å². The first-order chi connectivity index (χ1) is 13.0. The molecule has 152 valence electrons. The van der Waals surface area contributed by atoms with E-state index in [9.17, 15) is 14.7 Å². The Morgan fingerprint density at radius 2 is 1.81 bits per heavy atom. The highest BCUT2D eigenvalue weighted by Crippen LogP contribution is 2.36. The third kappa shape index (κ3) is 7.33. The van der Waals surface area contributed by atoms with Crippen molar-refractivity contribution in [1.29, 1.82) is 0 Å². The van der Waals surface area contributed by atoms with Gasteiger partial charge in [-0.25, -0.2) is 0 Å². The Kier molecular flexibility index (Phi) is 10.7. The molecule has 0 aliphatic rings. The summed E-state index contributed by atoms with van der Waals surface area (Å²) in [5.41, 5.74) is 1.03. The lowest BCUT2D eigenvalue weighted by atomic mass is 9.94. The first-order valence-electron chi connectivity index (χ1n) is 10.0. The summed E-state index contributed by atoms with van der Waals surface area (Å²) in [5, 5.41) is 10.5. The fourth-order valence-electron chi connectivity index (χ4n) is 2.78. The molecule has 0 radical (unpaired) electrons. The molecular formula is C22H34O5. The number of carbonyl (C=O) groups excluding carboxylic acids is 2. The van der Waals surface area contributed by atoms with Gasteiger partial charge in [0.15, 0.2) is 12.1 Å². The number of aldehydes is 1. The minimum atomic E-state index is -0.289. The van der Waals surface area contributed by atoms with Crippen LogP contribution in [0.25, 0.3) is 0 Å². The van der Waals surface area contributed by atoms with Crippen LogP contribution in [0.4, 0.5) is 0 Å². The number of aromatic hydroxyl groups is 1. The van der Waals surface area contributed by atoms with E-state index in [1.165, 1.54) is 0 Å². The summed E-state index contributed by atoms with van der Waals surface area (Å²) in [5.74, 6) is 0.211. The molecule has 27 heavy (non-hydrogen) atoms. The van der Waals surface area contributed by atoms with Crippen LogP contribution in [0, 0.1) is 5.92 Å². The number of ether oxygens (including phenoxy) is 2. The van der Waals surface area contributed by atoms with Crippen LogP contribution in [0.15, 0.2) is 6.07 Å². The topological polar surface area (TPSA) is 72.8 Å². The number of hydrogen-bond donors (Lipinski definition) is 1. The van der Waals surface area contributed by atoms with Crippen molar-refractivity contribution in [2.45, 2.75) is 66.2 Å². The van der Waals surface area contributed by atoms with E-state index in [1.54, 1.807) is 6.07 Å². The molecular weight excluding hydrogens is 344 g/mol. The second-order valence-electron chi connectivity index (χ2n) is 7.23. The first-order valence-corrected chi connectivity index (χ1v) is 10.0. The minimum Gasteiger partial charge on any atom is -0.506 e. The summed E-state index contributed by atoms with van der Waals surface area (Å²) >= 11 is 0. The van der Waals surface area contributed by atoms with E-state index < -0.39 is 0 Å². The van der Waals surface area contributed by atoms with Crippen LogP contribution in [0.3, 0.4) is 0 Å². The first kappa shape index (κ1) is 23.2. The summed E-state index contributed by atoms with van der Waals surface area (Å²) in [6.07, 6.45) is 5.23. The lowest BCUT2D eigenvalue weighted by Crippen LogP contribution is -2.11. The molecule has 1 N–H and O–H groups in total. The number of benzene rings is 1. The quantitative estimate of drug-likeness (QED) is 0.281. The van der Waals surface area contributed by atoms with Gasteiger partial charge in [-0.1, -0.05) is 40.5 Å². The summed E-state index contributed by atoms with van der Waals surface area (Å²) < 4.78 is 11.3. The molecule has 0 fully saturated rings. The maximum Gasteiger partial charge on any atom is 0.168 e. The Morgan fingerprint density at radius 3 is 2.41 bits per heavy atom. The molecule has 1 aromatic rings. The van der Waals surface area contributed by atoms with Crippen molar-refractivity contribution in [3.05, 3.63) is 22.8 Å². The molecule has 1 rings (SSSR count). The Hall–Kier alpha value is -1.88. The van der Waals surface area contributed by atoms with Gasteiger partial charge in [-0.05, 0) is 36.8 Å². The molecule has 0 aliphatic carbocycles. The van der Waals surface area contributed by atoms with E-state index in [4.69, 9.17) is 9.47 Å². The van der Waals surface area contributed by atoms with Gasteiger partial charge in [0.2, 0.25) is 0 Å². The molecule has 0 atom stereocenters. The Labute approximate surface area is 163 Å². The van der Waals surface area contributed by atoms with Gasteiger partial charge in [0.05, 0.1) is 24.3 Å². The van der Waals surface area contributed by atoms with E-state index in [0.717, 1.165) is 31.2 Å². The van der Waals surface area contributed by atoms with Crippen molar-refractivity contribution < 1.29 is 24.2 Å². The SMILES string of the molecule is CCCCOCCC(=O)c1cc(CC(C)C)c(OCCCC)c(C=O)c1O. The van der Waals surface area contributed by atoms with E-state index in [1.807, 2.05) is 0 Å². The van der Waals surface area contributed by atoms with Crippen LogP contribution in [0.5, 0.6) is 11.5 Å². The molecule has 0 spiro atoms. The van der Waals surface area contributed by atoms with Crippen LogP contribution in [-0.4, -0.2) is 37.0 Å². The van der Waals surface area contributed by atoms with E-state index in [2.05, 4.69) is 27.7 Å². The predicted molar refractivity (Wildman–Crippen MR) is 107 cm³/mol. The number of Topliss-reactive ketones (excluding diaryl/α,β-unsaturated/α-hetero) is 1. The average molecular weight is 379 g/mol. The molecule has 5 nitrogen and oxygen atoms in total. The number of phenols is 1. The second kappa shape index (κ2) is 12.5. The van der Waals surface area contributed by atoms with Crippen LogP contribution in [0.2, 0.25) is 0 Å². The van der Waals surface area contributed by atoms with Crippen molar-refractivity contribution in [1.82, 2.24) is 0 Å². The number of carbonyl (C=O) groups is 2. The molecule has 0 aromatic heterocycles. The average Bonchev–Trinajstić information content (AvgIpc) is 2.63. The highest BCUT2D eigenvalue weighted by molar-refractivity contribution is 6.02. The van der Waals surface area contributed by atoms with Gasteiger partial charge in [-0.3, -0.25) is 9.59 Å². The number of rotatable bonds is 14. The minimum absolute atomic E-state index is 0.0690. The van der Waals surface area contributed by atoms with Gasteiger partial charge in [-0.15, -0.1) is 0 Å². The molecule has 0 unspecified atom stereocenters.